The van der Waals surface area contributed by atoms with E-state index in [0.717, 1.165) is 19.5 Å². The number of rotatable bonds is 12. The molecule has 1 unspecified atom stereocenters. The number of aryl methyl sites for hydroxylation is 1. The predicted molar refractivity (Wildman–Crippen MR) is 131 cm³/mol. The van der Waals surface area contributed by atoms with Crippen molar-refractivity contribution in [1.82, 2.24) is 19.8 Å². The van der Waals surface area contributed by atoms with Crippen LogP contribution >= 0.6 is 0 Å². The highest BCUT2D eigenvalue weighted by Crippen LogP contribution is 2.13. The van der Waals surface area contributed by atoms with Gasteiger partial charge in [-0.05, 0) is 43.3 Å². The largest absolute Gasteiger partial charge is 0.350 e. The fraction of sp³-hybridized carbons (Fsp3) is 0.346. The number of carbonyl (C=O) groups excluding carboxylic acids is 2. The highest BCUT2D eigenvalue weighted by molar-refractivity contribution is 5.97. The summed E-state index contributed by atoms with van der Waals surface area (Å²) in [5.74, 6) is -0.250. The molecule has 174 valence electrons. The molecule has 0 fully saturated rings. The van der Waals surface area contributed by atoms with E-state index in [9.17, 15) is 9.59 Å². The third-order valence-corrected chi connectivity index (χ3v) is 5.71. The molecule has 0 spiro atoms. The van der Waals surface area contributed by atoms with E-state index in [1.807, 2.05) is 29.0 Å². The molecule has 0 aliphatic rings. The first kappa shape index (κ1) is 24.2. The molecule has 3 rings (SSSR count). The van der Waals surface area contributed by atoms with Crippen LogP contribution in [0.1, 0.15) is 36.2 Å². The van der Waals surface area contributed by atoms with Gasteiger partial charge in [-0.3, -0.25) is 14.5 Å². The van der Waals surface area contributed by atoms with E-state index >= 15 is 0 Å². The molecule has 2 aromatic carbocycles. The summed E-state index contributed by atoms with van der Waals surface area (Å²) in [5, 5.41) is 5.96. The van der Waals surface area contributed by atoms with Crippen molar-refractivity contribution in [2.24, 2.45) is 0 Å². The van der Waals surface area contributed by atoms with Crippen molar-refractivity contribution in [2.45, 2.75) is 39.3 Å². The molecule has 1 atom stereocenters. The van der Waals surface area contributed by atoms with Gasteiger partial charge in [0.05, 0.1) is 6.33 Å². The number of nitrogens with zero attached hydrogens (tertiary/aromatic N) is 3. The Bertz CT molecular complexity index is 1000. The first-order chi connectivity index (χ1) is 16.1. The molecular formula is C26H33N5O2. The van der Waals surface area contributed by atoms with Gasteiger partial charge in [0.25, 0.3) is 5.91 Å². The Labute approximate surface area is 195 Å². The number of benzene rings is 2. The maximum absolute atomic E-state index is 12.9. The lowest BCUT2D eigenvalue weighted by Gasteiger charge is -2.30. The predicted octanol–water partition coefficient (Wildman–Crippen LogP) is 3.59. The monoisotopic (exact) mass is 447 g/mol. The Morgan fingerprint density at radius 1 is 1.06 bits per heavy atom. The zero-order valence-electron chi connectivity index (χ0n) is 19.4. The lowest BCUT2D eigenvalue weighted by atomic mass is 10.0. The molecule has 2 amide bonds. The average Bonchev–Trinajstić information content (AvgIpc) is 3.36. The molecule has 0 radical (unpaired) electrons. The van der Waals surface area contributed by atoms with Crippen molar-refractivity contribution in [1.29, 1.82) is 0 Å². The van der Waals surface area contributed by atoms with Crippen LogP contribution in [0.5, 0.6) is 0 Å². The zero-order valence-corrected chi connectivity index (χ0v) is 19.4. The number of likely N-dealkylation sites (N-methyl/N-ethyl adjacent to an activating group) is 1. The number of amides is 2. The maximum Gasteiger partial charge on any atom is 0.251 e. The summed E-state index contributed by atoms with van der Waals surface area (Å²) in [6.07, 6.45) is 6.39. The zero-order chi connectivity index (χ0) is 23.5. The fourth-order valence-electron chi connectivity index (χ4n) is 3.88. The fourth-order valence-corrected chi connectivity index (χ4v) is 3.88. The molecule has 0 aliphatic carbocycles. The molecule has 1 aromatic heterocycles. The summed E-state index contributed by atoms with van der Waals surface area (Å²) < 4.78 is 1.85. The molecule has 0 saturated carbocycles. The van der Waals surface area contributed by atoms with Crippen LogP contribution in [0.15, 0.2) is 73.3 Å². The maximum atomic E-state index is 12.9. The van der Waals surface area contributed by atoms with Gasteiger partial charge in [0, 0.05) is 49.2 Å². The topological polar surface area (TPSA) is 79.3 Å². The minimum atomic E-state index is -0.144. The molecule has 0 aliphatic heterocycles. The average molecular weight is 448 g/mol. The number of anilines is 1. The van der Waals surface area contributed by atoms with E-state index in [2.05, 4.69) is 46.5 Å². The SMILES string of the molecule is CCN(CC)C(CNC(=O)c1cccc(NC(=O)CCn2ccnc2)c1)Cc1ccccc1. The Balaban J connectivity index is 1.57. The second kappa shape index (κ2) is 12.6. The van der Waals surface area contributed by atoms with Crippen molar-refractivity contribution in [2.75, 3.05) is 25.0 Å². The van der Waals surface area contributed by atoms with Crippen molar-refractivity contribution < 1.29 is 9.59 Å². The number of hydrogen-bond donors (Lipinski definition) is 2. The highest BCUT2D eigenvalue weighted by atomic mass is 16.2. The summed E-state index contributed by atoms with van der Waals surface area (Å²) in [5.41, 5.74) is 2.40. The Morgan fingerprint density at radius 3 is 2.55 bits per heavy atom. The van der Waals surface area contributed by atoms with Crippen molar-refractivity contribution >= 4 is 17.5 Å². The lowest BCUT2D eigenvalue weighted by Crippen LogP contribution is -2.45. The van der Waals surface area contributed by atoms with Crippen LogP contribution in [-0.4, -0.2) is 51.9 Å². The van der Waals surface area contributed by atoms with Crippen molar-refractivity contribution in [3.63, 3.8) is 0 Å². The van der Waals surface area contributed by atoms with E-state index in [0.29, 0.717) is 30.8 Å². The summed E-state index contributed by atoms with van der Waals surface area (Å²) in [7, 11) is 0. The van der Waals surface area contributed by atoms with Crippen molar-refractivity contribution in [3.8, 4) is 0 Å². The van der Waals surface area contributed by atoms with Gasteiger partial charge in [0.1, 0.15) is 0 Å². The minimum Gasteiger partial charge on any atom is -0.350 e. The number of carbonyl (C=O) groups is 2. The quantitative estimate of drug-likeness (QED) is 0.445. The van der Waals surface area contributed by atoms with Gasteiger partial charge < -0.3 is 15.2 Å². The van der Waals surface area contributed by atoms with Gasteiger partial charge in [-0.1, -0.05) is 50.2 Å². The first-order valence-electron chi connectivity index (χ1n) is 11.5. The molecule has 0 saturated heterocycles. The number of aromatic nitrogens is 2. The van der Waals surface area contributed by atoms with E-state index in [1.54, 1.807) is 36.8 Å². The van der Waals surface area contributed by atoms with Crippen LogP contribution in [0.3, 0.4) is 0 Å². The van der Waals surface area contributed by atoms with E-state index < -0.39 is 0 Å². The summed E-state index contributed by atoms with van der Waals surface area (Å²) in [6.45, 7) is 7.23. The normalized spacial score (nSPS) is 11.8. The van der Waals surface area contributed by atoms with Crippen LogP contribution in [0.25, 0.3) is 0 Å². The number of nitrogens with one attached hydrogen (secondary N) is 2. The minimum absolute atomic E-state index is 0.106. The molecule has 1 heterocycles. The van der Waals surface area contributed by atoms with Gasteiger partial charge >= 0.3 is 0 Å². The first-order valence-corrected chi connectivity index (χ1v) is 11.5. The molecule has 7 heteroatoms. The Morgan fingerprint density at radius 2 is 1.85 bits per heavy atom. The van der Waals surface area contributed by atoms with Gasteiger partial charge in [-0.15, -0.1) is 0 Å². The molecule has 2 N–H and O–H groups in total. The molecule has 33 heavy (non-hydrogen) atoms. The third kappa shape index (κ3) is 7.57. The molecule has 7 nitrogen and oxygen atoms in total. The van der Waals surface area contributed by atoms with Crippen LogP contribution in [0, 0.1) is 0 Å². The van der Waals surface area contributed by atoms with Gasteiger partial charge in [-0.2, -0.15) is 0 Å². The summed E-state index contributed by atoms with van der Waals surface area (Å²) in [4.78, 5) is 31.5. The van der Waals surface area contributed by atoms with Crippen LogP contribution < -0.4 is 10.6 Å². The third-order valence-electron chi connectivity index (χ3n) is 5.71. The van der Waals surface area contributed by atoms with Gasteiger partial charge in [-0.25, -0.2) is 4.98 Å². The molecule has 0 bridgehead atoms. The van der Waals surface area contributed by atoms with Gasteiger partial charge in [0.15, 0.2) is 0 Å². The Hall–Kier alpha value is -3.45. The van der Waals surface area contributed by atoms with Crippen LogP contribution in [0.4, 0.5) is 5.69 Å². The van der Waals surface area contributed by atoms with Crippen molar-refractivity contribution in [3.05, 3.63) is 84.4 Å². The highest BCUT2D eigenvalue weighted by Gasteiger charge is 2.18. The van der Waals surface area contributed by atoms with E-state index in [4.69, 9.17) is 0 Å². The van der Waals surface area contributed by atoms with E-state index in [-0.39, 0.29) is 17.9 Å². The number of hydrogen-bond acceptors (Lipinski definition) is 4. The lowest BCUT2D eigenvalue weighted by molar-refractivity contribution is -0.116. The van der Waals surface area contributed by atoms with Crippen LogP contribution in [-0.2, 0) is 17.8 Å². The smallest absolute Gasteiger partial charge is 0.251 e. The summed E-state index contributed by atoms with van der Waals surface area (Å²) in [6, 6.07) is 17.6. The second-order valence-electron chi connectivity index (χ2n) is 7.95. The number of imidazole rings is 1. The van der Waals surface area contributed by atoms with Gasteiger partial charge in [0.2, 0.25) is 5.91 Å². The summed E-state index contributed by atoms with van der Waals surface area (Å²) >= 11 is 0. The second-order valence-corrected chi connectivity index (χ2v) is 7.95. The van der Waals surface area contributed by atoms with E-state index in [1.165, 1.54) is 5.56 Å². The Kier molecular flexibility index (Phi) is 9.20. The standard InChI is InChI=1S/C26H33N5O2/c1-3-31(4-2)24(17-21-9-6-5-7-10-21)19-28-26(33)22-11-8-12-23(18-22)29-25(32)13-15-30-16-14-27-20-30/h5-12,14,16,18,20,24H,3-4,13,15,17,19H2,1-2H3,(H,28,33)(H,29,32). The molecule has 3 aromatic rings. The van der Waals surface area contributed by atoms with Crippen LogP contribution in [0.2, 0.25) is 0 Å². The molecular weight excluding hydrogens is 414 g/mol.